The molecule has 0 heterocycles. The fourth-order valence-corrected chi connectivity index (χ4v) is 0. The van der Waals surface area contributed by atoms with Gasteiger partial charge in [-0.25, -0.2) is 0 Å². The average molecular weight is 319 g/mol. The van der Waals surface area contributed by atoms with E-state index in [0.717, 1.165) is 0 Å². The van der Waals surface area contributed by atoms with Crippen LogP contribution in [0.4, 0.5) is 0 Å². The molecule has 9 heteroatoms. The Morgan fingerprint density at radius 1 is 1.00 bits per heavy atom. The summed E-state index contributed by atoms with van der Waals surface area (Å²) in [5.74, 6) is 12.3. The van der Waals surface area contributed by atoms with Gasteiger partial charge >= 0.3 is 0 Å². The second-order valence-electron chi connectivity index (χ2n) is 0.825. The van der Waals surface area contributed by atoms with Gasteiger partial charge in [0.1, 0.15) is 0 Å². The Morgan fingerprint density at radius 3 is 1.09 bits per heavy atom. The van der Waals surface area contributed by atoms with E-state index < -0.39 is 0 Å². The van der Waals surface area contributed by atoms with E-state index in [4.69, 9.17) is 11.7 Å². The Hall–Kier alpha value is 0.802. The molecule has 0 spiro atoms. The van der Waals surface area contributed by atoms with Crippen molar-refractivity contribution in [1.29, 1.82) is 0 Å². The Morgan fingerprint density at radius 2 is 1.09 bits per heavy atom. The summed E-state index contributed by atoms with van der Waals surface area (Å²) >= 11 is 16.9. The first-order chi connectivity index (χ1) is 4.54. The molecule has 0 aliphatic rings. The molecule has 4 N–H and O–H groups in total. The van der Waals surface area contributed by atoms with Crippen molar-refractivity contribution >= 4 is 58.3 Å². The van der Waals surface area contributed by atoms with E-state index in [1.54, 1.807) is 0 Å². The predicted octanol–water partition coefficient (Wildman–Crippen LogP) is 0.747. The van der Waals surface area contributed by atoms with Gasteiger partial charge in [0.05, 0.1) is 0 Å². The number of hydrogen-bond acceptors (Lipinski definition) is 4. The van der Waals surface area contributed by atoms with Crippen molar-refractivity contribution < 1.29 is 20.4 Å². The first-order valence-corrected chi connectivity index (χ1v) is 3.45. The monoisotopic (exact) mass is 318 g/mol. The van der Waals surface area contributed by atoms with Gasteiger partial charge in [-0.05, 0) is 0 Å². The molecule has 0 atom stereocenters. The average Bonchev–Trinajstić information content (AvgIpc) is 1.89. The Balaban J connectivity index is -0.000000107. The molecule has 0 saturated heterocycles. The molecule has 0 aromatic heterocycles. The largest absolute Gasteiger partial charge is 0.587 e. The first kappa shape index (κ1) is 17.8. The van der Waals surface area contributed by atoms with Gasteiger partial charge in [-0.15, -0.1) is 0 Å². The molecule has 0 aliphatic heterocycles. The van der Waals surface area contributed by atoms with Gasteiger partial charge in [0.15, 0.2) is 0 Å². The summed E-state index contributed by atoms with van der Waals surface area (Å²) in [7, 11) is 0. The first-order valence-electron chi connectivity index (χ1n) is 1.82. The van der Waals surface area contributed by atoms with Gasteiger partial charge in [0, 0.05) is 20.4 Å². The third kappa shape index (κ3) is 36.3. The number of nitrogens with one attached hydrogen (secondary N) is 4. The van der Waals surface area contributed by atoms with Crippen molar-refractivity contribution in [2.45, 2.75) is 0 Å². The predicted molar refractivity (Wildman–Crippen MR) is 54.8 cm³/mol. The van der Waals surface area contributed by atoms with E-state index in [-0.39, 0.29) is 29.1 Å². The molecule has 0 aromatic carbocycles. The van der Waals surface area contributed by atoms with E-state index >= 15 is 0 Å². The molecular formula is C2H4N4PdS4-4. The van der Waals surface area contributed by atoms with Crippen molar-refractivity contribution in [3.63, 3.8) is 0 Å². The van der Waals surface area contributed by atoms with Crippen LogP contribution in [0.15, 0.2) is 0 Å². The van der Waals surface area contributed by atoms with Crippen LogP contribution in [0.25, 0.3) is 11.7 Å². The molecule has 0 radical (unpaired) electrons. The van der Waals surface area contributed by atoms with Crippen LogP contribution in [0.3, 0.4) is 0 Å². The molecule has 0 unspecified atom stereocenters. The fourth-order valence-electron chi connectivity index (χ4n) is 0. The number of thiocarbonyl (C=S) groups is 2. The second-order valence-corrected chi connectivity index (χ2v) is 2.97. The summed E-state index contributed by atoms with van der Waals surface area (Å²) in [6.07, 6.45) is 0. The summed E-state index contributed by atoms with van der Waals surface area (Å²) in [6.45, 7) is 0. The third-order valence-corrected chi connectivity index (χ3v) is 0.612. The summed E-state index contributed by atoms with van der Waals surface area (Å²) < 4.78 is 0.176. The zero-order chi connectivity index (χ0) is 8.57. The van der Waals surface area contributed by atoms with Crippen LogP contribution in [0.2, 0.25) is 0 Å². The van der Waals surface area contributed by atoms with Gasteiger partial charge in [-0.3, -0.25) is 0 Å². The van der Waals surface area contributed by atoms with E-state index in [2.05, 4.69) is 49.7 Å². The minimum Gasteiger partial charge on any atom is -0.587 e. The molecule has 0 aromatic rings. The summed E-state index contributed by atoms with van der Waals surface area (Å²) in [5.41, 5.74) is 3.65. The van der Waals surface area contributed by atoms with Gasteiger partial charge in [0.2, 0.25) is 0 Å². The molecule has 0 bridgehead atoms. The zero-order valence-electron chi connectivity index (χ0n) is 4.95. The maximum Gasteiger partial charge on any atom is 0 e. The summed E-state index contributed by atoms with van der Waals surface area (Å²) in [5, 5.41) is 0. The van der Waals surface area contributed by atoms with E-state index in [9.17, 15) is 0 Å². The molecule has 0 rings (SSSR count). The second kappa shape index (κ2) is 13.4. The molecule has 70 valence electrons. The minimum absolute atomic E-state index is 0. The molecule has 0 fully saturated rings. The van der Waals surface area contributed by atoms with Crippen LogP contribution in [0, 0.1) is 0 Å². The summed E-state index contributed by atoms with van der Waals surface area (Å²) in [4.78, 5) is 0. The third-order valence-electron chi connectivity index (χ3n) is 0.204. The standard InChI is InChI=1S/2CH3N2S2.Pd/c2*2-3-1(4)5;/h2*2H,(H2,3,4,5);/q2*-1;/p-2. The molecule has 0 aliphatic carbocycles. The molecular weight excluding hydrogens is 315 g/mol. The quantitative estimate of drug-likeness (QED) is 0.297. The van der Waals surface area contributed by atoms with Crippen molar-refractivity contribution in [1.82, 2.24) is 10.9 Å². The molecule has 4 nitrogen and oxygen atoms in total. The number of rotatable bonds is 0. The van der Waals surface area contributed by atoms with Crippen molar-refractivity contribution in [2.24, 2.45) is 0 Å². The van der Waals surface area contributed by atoms with Crippen LogP contribution < -0.4 is 10.9 Å². The van der Waals surface area contributed by atoms with E-state index in [1.807, 2.05) is 10.9 Å². The van der Waals surface area contributed by atoms with Crippen LogP contribution in [-0.4, -0.2) is 8.64 Å². The Labute approximate surface area is 101 Å². The normalized spacial score (nSPS) is 6.00. The van der Waals surface area contributed by atoms with Crippen molar-refractivity contribution in [2.75, 3.05) is 0 Å². The van der Waals surface area contributed by atoms with Gasteiger partial charge in [0.25, 0.3) is 0 Å². The smallest absolute Gasteiger partial charge is 0 e. The van der Waals surface area contributed by atoms with E-state index in [0.29, 0.717) is 0 Å². The molecule has 0 saturated carbocycles. The Kier molecular flexibility index (Phi) is 21.6. The van der Waals surface area contributed by atoms with Gasteiger partial charge in [-0.1, -0.05) is 8.64 Å². The minimum atomic E-state index is 0. The van der Waals surface area contributed by atoms with Gasteiger partial charge < -0.3 is 72.2 Å². The van der Waals surface area contributed by atoms with Gasteiger partial charge in [-0.2, -0.15) is 0 Å². The maximum atomic E-state index is 6.16. The fraction of sp³-hybridized carbons (Fsp3) is 0. The Bertz CT molecular complexity index is 105. The van der Waals surface area contributed by atoms with Crippen LogP contribution in [0.5, 0.6) is 0 Å². The maximum absolute atomic E-state index is 6.16. The molecule has 11 heavy (non-hydrogen) atoms. The van der Waals surface area contributed by atoms with Crippen molar-refractivity contribution in [3.05, 3.63) is 11.7 Å². The van der Waals surface area contributed by atoms with Crippen LogP contribution >= 0.6 is 24.4 Å². The molecule has 0 amide bonds. The number of hydrogen-bond donors (Lipinski definition) is 2. The summed E-state index contributed by atoms with van der Waals surface area (Å²) in [6, 6.07) is 0. The SMILES string of the molecule is [NH-]NC(=S)[S-].[NH-]NC(=S)[S-].[Pd]. The zero-order valence-corrected chi connectivity index (χ0v) is 9.77. The van der Waals surface area contributed by atoms with Crippen LogP contribution in [-0.2, 0) is 45.7 Å². The van der Waals surface area contributed by atoms with E-state index in [1.165, 1.54) is 0 Å². The topological polar surface area (TPSA) is 71.7 Å². The van der Waals surface area contributed by atoms with Crippen molar-refractivity contribution in [3.8, 4) is 0 Å². The van der Waals surface area contributed by atoms with Crippen LogP contribution in [0.1, 0.15) is 0 Å².